The number of hydrogen-bond donors (Lipinski definition) is 1. The molecule has 0 fully saturated rings. The highest BCUT2D eigenvalue weighted by Gasteiger charge is 2.11. The van der Waals surface area contributed by atoms with Crippen LogP contribution >= 0.6 is 38.5 Å². The van der Waals surface area contributed by atoms with Gasteiger partial charge in [-0.15, -0.1) is 0 Å². The number of halogens is 2. The highest BCUT2D eigenvalue weighted by molar-refractivity contribution is 14.1. The Hall–Kier alpha value is -0.390. The van der Waals surface area contributed by atoms with E-state index in [1.54, 1.807) is 0 Å². The van der Waals surface area contributed by atoms with E-state index in [0.717, 1.165) is 10.9 Å². The van der Waals surface area contributed by atoms with Crippen molar-refractivity contribution in [3.63, 3.8) is 0 Å². The maximum absolute atomic E-state index is 9.57. The fourth-order valence-corrected chi connectivity index (χ4v) is 2.73. The quantitative estimate of drug-likeness (QED) is 0.733. The van der Waals surface area contributed by atoms with Crippen molar-refractivity contribution in [1.82, 2.24) is 0 Å². The third kappa shape index (κ3) is 3.80. The molecule has 2 rings (SSSR count). The number of aliphatic hydroxyl groups is 1. The Morgan fingerprint density at radius 2 is 1.83 bits per heavy atom. The second kappa shape index (κ2) is 6.68. The molecule has 2 aromatic rings. The minimum Gasteiger partial charge on any atom is -0.396 e. The van der Waals surface area contributed by atoms with Crippen LogP contribution in [0.3, 0.4) is 0 Å². The number of benzene rings is 2. The van der Waals surface area contributed by atoms with Gasteiger partial charge in [0, 0.05) is 14.0 Å². The lowest BCUT2D eigenvalue weighted by molar-refractivity contribution is 0.264. The van der Waals surface area contributed by atoms with Gasteiger partial charge in [-0.2, -0.15) is 0 Å². The summed E-state index contributed by atoms with van der Waals surface area (Å²) in [6.07, 6.45) is 0.865. The Kier molecular flexibility index (Phi) is 5.21. The second-order valence-corrected chi connectivity index (χ2v) is 6.43. The van der Waals surface area contributed by atoms with E-state index in [2.05, 4.69) is 74.9 Å². The molecular weight excluding hydrogens is 403 g/mol. The molecule has 0 amide bonds. The van der Waals surface area contributed by atoms with Crippen LogP contribution in [0.15, 0.2) is 53.0 Å². The lowest BCUT2D eigenvalue weighted by atomic mass is 9.93. The molecule has 1 N–H and O–H groups in total. The Balaban J connectivity index is 2.17. The molecule has 0 aromatic heterocycles. The molecule has 0 aliphatic heterocycles. The van der Waals surface area contributed by atoms with Gasteiger partial charge in [-0.25, -0.2) is 0 Å². The lowest BCUT2D eigenvalue weighted by Gasteiger charge is -2.15. The van der Waals surface area contributed by atoms with Crippen LogP contribution in [0.25, 0.3) is 0 Å². The summed E-state index contributed by atoms with van der Waals surface area (Å²) in [6, 6.07) is 16.6. The van der Waals surface area contributed by atoms with Gasteiger partial charge in [-0.3, -0.25) is 0 Å². The van der Waals surface area contributed by atoms with Gasteiger partial charge >= 0.3 is 0 Å². The van der Waals surface area contributed by atoms with Gasteiger partial charge in [0.05, 0.1) is 6.61 Å². The fraction of sp³-hybridized carbons (Fsp3) is 0.200. The molecule has 2 aromatic carbocycles. The summed E-state index contributed by atoms with van der Waals surface area (Å²) in [5, 5.41) is 9.57. The first-order chi connectivity index (χ1) is 8.69. The number of aliphatic hydroxyl groups excluding tert-OH is 1. The second-order valence-electron chi connectivity index (χ2n) is 4.27. The summed E-state index contributed by atoms with van der Waals surface area (Å²) < 4.78 is 2.29. The minimum atomic E-state index is 0.155. The summed E-state index contributed by atoms with van der Waals surface area (Å²) in [6.45, 7) is 0.169. The average Bonchev–Trinajstić information content (AvgIpc) is 2.38. The minimum absolute atomic E-state index is 0.155. The van der Waals surface area contributed by atoms with E-state index in [9.17, 15) is 5.11 Å². The molecule has 1 atom stereocenters. The highest BCUT2D eigenvalue weighted by atomic mass is 127. The van der Waals surface area contributed by atoms with Crippen LogP contribution < -0.4 is 0 Å². The highest BCUT2D eigenvalue weighted by Crippen LogP contribution is 2.23. The molecule has 0 bridgehead atoms. The van der Waals surface area contributed by atoms with E-state index in [0.29, 0.717) is 0 Å². The molecule has 18 heavy (non-hydrogen) atoms. The van der Waals surface area contributed by atoms with Gasteiger partial charge in [0.1, 0.15) is 0 Å². The summed E-state index contributed by atoms with van der Waals surface area (Å²) in [4.78, 5) is 0. The molecule has 0 heterocycles. The molecule has 1 nitrogen and oxygen atoms in total. The summed E-state index contributed by atoms with van der Waals surface area (Å²) in [7, 11) is 0. The lowest BCUT2D eigenvalue weighted by Crippen LogP contribution is -2.07. The van der Waals surface area contributed by atoms with Crippen LogP contribution in [0.1, 0.15) is 17.0 Å². The predicted molar refractivity (Wildman–Crippen MR) is 86.8 cm³/mol. The van der Waals surface area contributed by atoms with Crippen LogP contribution in [0, 0.1) is 3.57 Å². The van der Waals surface area contributed by atoms with Gasteiger partial charge in [0.15, 0.2) is 0 Å². The van der Waals surface area contributed by atoms with Crippen molar-refractivity contribution >= 4 is 38.5 Å². The largest absolute Gasteiger partial charge is 0.396 e. The zero-order valence-electron chi connectivity index (χ0n) is 9.81. The van der Waals surface area contributed by atoms with E-state index in [4.69, 9.17) is 0 Å². The first kappa shape index (κ1) is 14.0. The van der Waals surface area contributed by atoms with Crippen molar-refractivity contribution in [3.8, 4) is 0 Å². The van der Waals surface area contributed by atoms with Crippen LogP contribution in [-0.4, -0.2) is 11.7 Å². The molecule has 0 spiro atoms. The molecule has 0 saturated heterocycles. The Labute approximate surface area is 130 Å². The average molecular weight is 417 g/mol. The Morgan fingerprint density at radius 3 is 2.44 bits per heavy atom. The van der Waals surface area contributed by atoms with E-state index in [-0.39, 0.29) is 12.5 Å². The molecule has 1 unspecified atom stereocenters. The summed E-state index contributed by atoms with van der Waals surface area (Å²) in [5.74, 6) is 0.155. The predicted octanol–water partition coefficient (Wildman–Crippen LogP) is 4.37. The van der Waals surface area contributed by atoms with Crippen LogP contribution in [-0.2, 0) is 6.42 Å². The summed E-state index contributed by atoms with van der Waals surface area (Å²) >= 11 is 5.77. The van der Waals surface area contributed by atoms with E-state index >= 15 is 0 Å². The topological polar surface area (TPSA) is 20.2 Å². The SMILES string of the molecule is OCC(Cc1ccc(I)cc1)c1cccc(Br)c1. The third-order valence-corrected chi connectivity index (χ3v) is 4.15. The van der Waals surface area contributed by atoms with Gasteiger partial charge in [-0.1, -0.05) is 40.2 Å². The molecule has 0 aliphatic rings. The standard InChI is InChI=1S/C15H14BrIO/c16-14-3-1-2-12(9-14)13(10-18)8-11-4-6-15(17)7-5-11/h1-7,9,13,18H,8,10H2. The maximum Gasteiger partial charge on any atom is 0.0502 e. The van der Waals surface area contributed by atoms with E-state index in [1.165, 1.54) is 14.7 Å². The van der Waals surface area contributed by atoms with E-state index in [1.807, 2.05) is 12.1 Å². The van der Waals surface area contributed by atoms with Crippen LogP contribution in [0.4, 0.5) is 0 Å². The van der Waals surface area contributed by atoms with Gasteiger partial charge in [0.25, 0.3) is 0 Å². The normalized spacial score (nSPS) is 12.4. The first-order valence-corrected chi connectivity index (χ1v) is 7.67. The third-order valence-electron chi connectivity index (χ3n) is 2.94. The Bertz CT molecular complexity index is 510. The van der Waals surface area contributed by atoms with Crippen molar-refractivity contribution in [2.45, 2.75) is 12.3 Å². The van der Waals surface area contributed by atoms with Crippen molar-refractivity contribution < 1.29 is 5.11 Å². The molecule has 0 aliphatic carbocycles. The van der Waals surface area contributed by atoms with Crippen LogP contribution in [0.5, 0.6) is 0 Å². The number of hydrogen-bond acceptors (Lipinski definition) is 1. The monoisotopic (exact) mass is 416 g/mol. The fourth-order valence-electron chi connectivity index (χ4n) is 1.95. The number of rotatable bonds is 4. The van der Waals surface area contributed by atoms with Gasteiger partial charge in [-0.05, 0) is 64.4 Å². The molecule has 0 saturated carbocycles. The van der Waals surface area contributed by atoms with Gasteiger partial charge in [0.2, 0.25) is 0 Å². The van der Waals surface area contributed by atoms with Crippen molar-refractivity contribution in [3.05, 3.63) is 67.7 Å². The van der Waals surface area contributed by atoms with Crippen LogP contribution in [0.2, 0.25) is 0 Å². The van der Waals surface area contributed by atoms with Crippen molar-refractivity contribution in [2.75, 3.05) is 6.61 Å². The van der Waals surface area contributed by atoms with E-state index < -0.39 is 0 Å². The van der Waals surface area contributed by atoms with Crippen molar-refractivity contribution in [2.24, 2.45) is 0 Å². The first-order valence-electron chi connectivity index (χ1n) is 5.80. The molecular formula is C15H14BrIO. The molecule has 94 valence electrons. The maximum atomic E-state index is 9.57. The zero-order chi connectivity index (χ0) is 13.0. The molecule has 0 radical (unpaired) electrons. The zero-order valence-corrected chi connectivity index (χ0v) is 13.6. The Morgan fingerprint density at radius 1 is 1.11 bits per heavy atom. The summed E-state index contributed by atoms with van der Waals surface area (Å²) in [5.41, 5.74) is 2.43. The molecule has 3 heteroatoms. The van der Waals surface area contributed by atoms with Gasteiger partial charge < -0.3 is 5.11 Å². The smallest absolute Gasteiger partial charge is 0.0502 e. The van der Waals surface area contributed by atoms with Crippen molar-refractivity contribution in [1.29, 1.82) is 0 Å².